The Hall–Kier alpha value is -1.14. The van der Waals surface area contributed by atoms with E-state index < -0.39 is 0 Å². The van der Waals surface area contributed by atoms with Gasteiger partial charge in [-0.3, -0.25) is 9.69 Å². The predicted molar refractivity (Wildman–Crippen MR) is 95.5 cm³/mol. The summed E-state index contributed by atoms with van der Waals surface area (Å²) >= 11 is 15.3. The molecule has 0 spiro atoms. The molecule has 23 heavy (non-hydrogen) atoms. The molecule has 0 fully saturated rings. The highest BCUT2D eigenvalue weighted by Gasteiger charge is 2.13. The van der Waals surface area contributed by atoms with Gasteiger partial charge in [0.2, 0.25) is 5.91 Å². The monoisotopic (exact) mass is 418 g/mol. The summed E-state index contributed by atoms with van der Waals surface area (Å²) in [5.74, 6) is -0.634. The number of carbonyl (C=O) groups excluding carboxylic acids is 1. The number of likely N-dealkylation sites (N-methyl/N-ethyl adjacent to an activating group) is 1. The van der Waals surface area contributed by atoms with Gasteiger partial charge in [0.05, 0.1) is 17.3 Å². The molecule has 0 unspecified atom stereocenters. The first-order chi connectivity index (χ1) is 10.9. The number of amides is 1. The first-order valence-corrected chi connectivity index (χ1v) is 8.28. The largest absolute Gasteiger partial charge is 0.324 e. The van der Waals surface area contributed by atoms with Crippen LogP contribution < -0.4 is 5.32 Å². The number of hydrogen-bond acceptors (Lipinski definition) is 2. The Labute approximate surface area is 152 Å². The van der Waals surface area contributed by atoms with Gasteiger partial charge >= 0.3 is 0 Å². The maximum Gasteiger partial charge on any atom is 0.238 e. The van der Waals surface area contributed by atoms with Crippen molar-refractivity contribution < 1.29 is 9.18 Å². The van der Waals surface area contributed by atoms with Crippen molar-refractivity contribution in [3.8, 4) is 0 Å². The van der Waals surface area contributed by atoms with Gasteiger partial charge in [0.1, 0.15) is 5.82 Å². The molecule has 0 aliphatic carbocycles. The van der Waals surface area contributed by atoms with Gasteiger partial charge in [-0.05, 0) is 37.4 Å². The Balaban J connectivity index is 1.97. The van der Waals surface area contributed by atoms with Gasteiger partial charge in [-0.25, -0.2) is 4.39 Å². The lowest BCUT2D eigenvalue weighted by Gasteiger charge is -2.18. The molecule has 0 heterocycles. The summed E-state index contributed by atoms with van der Waals surface area (Å²) in [5.41, 5.74) is 0.892. The van der Waals surface area contributed by atoms with E-state index in [4.69, 9.17) is 23.2 Å². The number of carbonyl (C=O) groups is 1. The second kappa shape index (κ2) is 8.11. The van der Waals surface area contributed by atoms with Gasteiger partial charge in [-0.1, -0.05) is 45.2 Å². The molecular formula is C16H14BrCl2FN2O. The summed E-state index contributed by atoms with van der Waals surface area (Å²) in [5, 5.41) is 3.50. The zero-order valence-corrected chi connectivity index (χ0v) is 15.3. The van der Waals surface area contributed by atoms with Crippen LogP contribution in [0.3, 0.4) is 0 Å². The Kier molecular flexibility index (Phi) is 6.41. The molecular weight excluding hydrogens is 406 g/mol. The molecule has 0 aliphatic rings. The molecule has 0 radical (unpaired) electrons. The van der Waals surface area contributed by atoms with Crippen LogP contribution in [0, 0.1) is 5.82 Å². The zero-order valence-electron chi connectivity index (χ0n) is 12.2. The molecule has 2 aromatic rings. The third-order valence-electron chi connectivity index (χ3n) is 3.11. The van der Waals surface area contributed by atoms with Gasteiger partial charge in [0.15, 0.2) is 0 Å². The number of nitrogens with one attached hydrogen (secondary N) is 1. The van der Waals surface area contributed by atoms with E-state index in [-0.39, 0.29) is 24.8 Å². The summed E-state index contributed by atoms with van der Waals surface area (Å²) < 4.78 is 14.6. The number of benzene rings is 2. The van der Waals surface area contributed by atoms with Crippen LogP contribution in [-0.2, 0) is 11.3 Å². The fourth-order valence-corrected chi connectivity index (χ4v) is 2.98. The van der Waals surface area contributed by atoms with Crippen LogP contribution in [0.1, 0.15) is 5.56 Å². The van der Waals surface area contributed by atoms with E-state index in [0.717, 1.165) is 4.47 Å². The minimum atomic E-state index is -0.388. The van der Waals surface area contributed by atoms with Crippen molar-refractivity contribution in [3.05, 3.63) is 62.3 Å². The minimum Gasteiger partial charge on any atom is -0.324 e. The molecule has 0 aliphatic heterocycles. The maximum absolute atomic E-state index is 13.8. The molecule has 1 amide bonds. The van der Waals surface area contributed by atoms with Crippen LogP contribution in [0.5, 0.6) is 0 Å². The van der Waals surface area contributed by atoms with Crippen molar-refractivity contribution in [3.63, 3.8) is 0 Å². The molecule has 7 heteroatoms. The topological polar surface area (TPSA) is 32.3 Å². The summed E-state index contributed by atoms with van der Waals surface area (Å²) in [6.07, 6.45) is 0. The highest BCUT2D eigenvalue weighted by Crippen LogP contribution is 2.25. The summed E-state index contributed by atoms with van der Waals surface area (Å²) in [6.45, 7) is 0.310. The average Bonchev–Trinajstić information content (AvgIpc) is 2.46. The van der Waals surface area contributed by atoms with Crippen LogP contribution in [0.2, 0.25) is 10.0 Å². The van der Waals surface area contributed by atoms with Gasteiger partial charge < -0.3 is 5.32 Å². The van der Waals surface area contributed by atoms with Crippen LogP contribution in [-0.4, -0.2) is 24.4 Å². The number of anilines is 1. The summed E-state index contributed by atoms with van der Waals surface area (Å²) in [7, 11) is 1.71. The minimum absolute atomic E-state index is 0.0804. The summed E-state index contributed by atoms with van der Waals surface area (Å²) in [6, 6.07) is 9.69. The quantitative estimate of drug-likeness (QED) is 0.742. The van der Waals surface area contributed by atoms with Gasteiger partial charge in [-0.15, -0.1) is 0 Å². The maximum atomic E-state index is 13.8. The fourth-order valence-electron chi connectivity index (χ4n) is 2.03. The molecule has 0 atom stereocenters. The number of halogens is 4. The Morgan fingerprint density at radius 3 is 2.65 bits per heavy atom. The predicted octanol–water partition coefficient (Wildman–Crippen LogP) is 4.97. The van der Waals surface area contributed by atoms with E-state index in [1.54, 1.807) is 42.3 Å². The highest BCUT2D eigenvalue weighted by atomic mass is 79.9. The number of rotatable bonds is 5. The summed E-state index contributed by atoms with van der Waals surface area (Å²) in [4.78, 5) is 13.7. The lowest BCUT2D eigenvalue weighted by atomic mass is 10.2. The first-order valence-electron chi connectivity index (χ1n) is 6.73. The van der Waals surface area contributed by atoms with E-state index in [1.807, 2.05) is 0 Å². The molecule has 1 N–H and O–H groups in total. The lowest BCUT2D eigenvalue weighted by molar-refractivity contribution is -0.117. The molecule has 122 valence electrons. The fraction of sp³-hybridized carbons (Fsp3) is 0.188. The second-order valence-corrected chi connectivity index (χ2v) is 6.77. The van der Waals surface area contributed by atoms with Crippen molar-refractivity contribution in [1.82, 2.24) is 4.90 Å². The smallest absolute Gasteiger partial charge is 0.238 e. The highest BCUT2D eigenvalue weighted by molar-refractivity contribution is 9.10. The van der Waals surface area contributed by atoms with Crippen molar-refractivity contribution in [2.24, 2.45) is 0 Å². The van der Waals surface area contributed by atoms with Crippen molar-refractivity contribution in [2.75, 3.05) is 18.9 Å². The Morgan fingerprint density at radius 1 is 1.26 bits per heavy atom. The van der Waals surface area contributed by atoms with Crippen LogP contribution in [0.15, 0.2) is 40.9 Å². The van der Waals surface area contributed by atoms with Gasteiger partial charge in [0.25, 0.3) is 0 Å². The Morgan fingerprint density at radius 2 is 2.00 bits per heavy atom. The van der Waals surface area contributed by atoms with Crippen LogP contribution in [0.25, 0.3) is 0 Å². The van der Waals surface area contributed by atoms with Gasteiger partial charge in [-0.2, -0.15) is 0 Å². The first kappa shape index (κ1) is 18.2. The second-order valence-electron chi connectivity index (χ2n) is 5.04. The third-order valence-corrected chi connectivity index (χ3v) is 4.27. The van der Waals surface area contributed by atoms with Crippen LogP contribution in [0.4, 0.5) is 10.1 Å². The van der Waals surface area contributed by atoms with Crippen molar-refractivity contribution >= 4 is 50.7 Å². The van der Waals surface area contributed by atoms with Gasteiger partial charge in [0, 0.05) is 21.6 Å². The normalized spacial score (nSPS) is 10.9. The third kappa shape index (κ3) is 5.18. The SMILES string of the molecule is CN(CC(=O)Nc1ccc(Br)cc1Cl)Cc1c(F)cccc1Cl. The molecule has 0 bridgehead atoms. The molecule has 0 saturated carbocycles. The van der Waals surface area contributed by atoms with E-state index in [1.165, 1.54) is 6.07 Å². The number of hydrogen-bond donors (Lipinski definition) is 1. The van der Waals surface area contributed by atoms with E-state index in [9.17, 15) is 9.18 Å². The lowest BCUT2D eigenvalue weighted by Crippen LogP contribution is -2.30. The molecule has 2 aromatic carbocycles. The zero-order chi connectivity index (χ0) is 17.0. The molecule has 0 aromatic heterocycles. The standard InChI is InChI=1S/C16H14BrCl2FN2O/c1-22(8-11-12(18)3-2-4-14(11)20)9-16(23)21-15-6-5-10(17)7-13(15)19/h2-7H,8-9H2,1H3,(H,21,23). The molecule has 3 nitrogen and oxygen atoms in total. The molecule has 2 rings (SSSR count). The molecule has 0 saturated heterocycles. The number of nitrogens with zero attached hydrogens (tertiary/aromatic N) is 1. The van der Waals surface area contributed by atoms with E-state index >= 15 is 0 Å². The van der Waals surface area contributed by atoms with Crippen LogP contribution >= 0.6 is 39.1 Å². The van der Waals surface area contributed by atoms with E-state index in [0.29, 0.717) is 21.3 Å². The van der Waals surface area contributed by atoms with Crippen molar-refractivity contribution in [2.45, 2.75) is 6.54 Å². The Bertz CT molecular complexity index is 707. The van der Waals surface area contributed by atoms with E-state index in [2.05, 4.69) is 21.2 Å². The average molecular weight is 420 g/mol. The van der Waals surface area contributed by atoms with Crippen molar-refractivity contribution in [1.29, 1.82) is 0 Å².